The van der Waals surface area contributed by atoms with Crippen molar-refractivity contribution in [1.82, 2.24) is 0 Å². The Morgan fingerprint density at radius 3 is 2.62 bits per heavy atom. The predicted octanol–water partition coefficient (Wildman–Crippen LogP) is 2.77. The zero-order valence-electron chi connectivity index (χ0n) is 12.9. The first-order chi connectivity index (χ1) is 11.6. The lowest BCUT2D eigenvalue weighted by Crippen LogP contribution is -2.37. The fourth-order valence-electron chi connectivity index (χ4n) is 2.62. The fraction of sp³-hybridized carbons (Fsp3) is 0.0526. The van der Waals surface area contributed by atoms with Gasteiger partial charge in [0.25, 0.3) is 5.91 Å². The molecule has 24 heavy (non-hydrogen) atoms. The average molecular weight is 319 g/mol. The summed E-state index contributed by atoms with van der Waals surface area (Å²) in [5, 5.41) is 17.7. The van der Waals surface area contributed by atoms with E-state index in [2.05, 4.69) is 0 Å². The number of amidine groups is 1. The summed E-state index contributed by atoms with van der Waals surface area (Å²) in [6, 6.07) is 14.2. The number of fused-ring (bicyclic) bond motifs is 1. The molecule has 0 saturated heterocycles. The molecule has 2 aromatic rings. The van der Waals surface area contributed by atoms with Gasteiger partial charge in [-0.2, -0.15) is 0 Å². The second-order valence-corrected chi connectivity index (χ2v) is 5.41. The van der Waals surface area contributed by atoms with Crippen LogP contribution in [-0.4, -0.2) is 23.4 Å². The van der Waals surface area contributed by atoms with Crippen LogP contribution in [0.5, 0.6) is 5.75 Å². The number of hydrogen-bond acceptors (Lipinski definition) is 3. The summed E-state index contributed by atoms with van der Waals surface area (Å²) in [4.78, 5) is 14.5. The van der Waals surface area contributed by atoms with Gasteiger partial charge < -0.3 is 15.7 Å². The van der Waals surface area contributed by atoms with Crippen LogP contribution in [0.4, 0.5) is 5.69 Å². The maximum atomic E-state index is 12.9. The van der Waals surface area contributed by atoms with E-state index in [1.807, 2.05) is 36.4 Å². The molecule has 120 valence electrons. The number of para-hydroxylation sites is 2. The van der Waals surface area contributed by atoms with E-state index in [1.165, 1.54) is 12.1 Å². The van der Waals surface area contributed by atoms with Crippen molar-refractivity contribution in [2.45, 2.75) is 0 Å². The fourth-order valence-corrected chi connectivity index (χ4v) is 2.62. The number of carbonyl (C=O) groups is 1. The summed E-state index contributed by atoms with van der Waals surface area (Å²) >= 11 is 0. The van der Waals surface area contributed by atoms with Gasteiger partial charge in [0.15, 0.2) is 0 Å². The minimum absolute atomic E-state index is 0.0305. The first-order valence-corrected chi connectivity index (χ1v) is 7.49. The molecule has 5 heteroatoms. The molecule has 4 N–H and O–H groups in total. The minimum atomic E-state index is -0.373. The Morgan fingerprint density at radius 2 is 1.88 bits per heavy atom. The Bertz CT molecular complexity index is 868. The second-order valence-electron chi connectivity index (χ2n) is 5.41. The molecule has 0 fully saturated rings. The highest BCUT2D eigenvalue weighted by molar-refractivity contribution is 6.27. The lowest BCUT2D eigenvalue weighted by Gasteiger charge is -2.27. The highest BCUT2D eigenvalue weighted by Gasteiger charge is 2.24. The van der Waals surface area contributed by atoms with E-state index in [0.29, 0.717) is 12.1 Å². The molecule has 3 rings (SSSR count). The molecule has 1 aliphatic heterocycles. The van der Waals surface area contributed by atoms with Gasteiger partial charge in [-0.25, -0.2) is 0 Å². The minimum Gasteiger partial charge on any atom is -0.507 e. The van der Waals surface area contributed by atoms with Crippen LogP contribution < -0.4 is 10.6 Å². The monoisotopic (exact) mass is 319 g/mol. The van der Waals surface area contributed by atoms with Gasteiger partial charge in [0.05, 0.1) is 11.3 Å². The number of aromatic hydroxyl groups is 1. The second kappa shape index (κ2) is 6.42. The van der Waals surface area contributed by atoms with E-state index >= 15 is 0 Å². The number of anilines is 1. The Kier molecular flexibility index (Phi) is 4.16. The third-order valence-corrected chi connectivity index (χ3v) is 3.82. The molecule has 0 aromatic heterocycles. The normalized spacial score (nSPS) is 13.5. The smallest absolute Gasteiger partial charge is 0.262 e. The quantitative estimate of drug-likeness (QED) is 0.461. The van der Waals surface area contributed by atoms with Gasteiger partial charge in [-0.1, -0.05) is 48.6 Å². The van der Waals surface area contributed by atoms with Crippen LogP contribution >= 0.6 is 0 Å². The summed E-state index contributed by atoms with van der Waals surface area (Å²) < 4.78 is 0. The van der Waals surface area contributed by atoms with Gasteiger partial charge in [0.2, 0.25) is 0 Å². The largest absolute Gasteiger partial charge is 0.507 e. The maximum absolute atomic E-state index is 12.9. The molecule has 0 atom stereocenters. The molecule has 1 amide bonds. The number of rotatable bonds is 3. The first kappa shape index (κ1) is 15.6. The van der Waals surface area contributed by atoms with E-state index in [4.69, 9.17) is 11.1 Å². The van der Waals surface area contributed by atoms with Crippen LogP contribution in [0.25, 0.3) is 12.2 Å². The van der Waals surface area contributed by atoms with Gasteiger partial charge in [-0.15, -0.1) is 0 Å². The molecule has 0 saturated carbocycles. The molecular formula is C19H17N3O2. The molecule has 1 aliphatic rings. The van der Waals surface area contributed by atoms with Crippen molar-refractivity contribution in [2.75, 3.05) is 11.4 Å². The molecule has 0 unspecified atom stereocenters. The number of phenolic OH excluding ortho intramolecular Hbond substituents is 1. The number of phenols is 1. The molecular weight excluding hydrogens is 302 g/mol. The molecule has 5 nitrogen and oxygen atoms in total. The zero-order valence-corrected chi connectivity index (χ0v) is 12.9. The van der Waals surface area contributed by atoms with Crippen molar-refractivity contribution in [2.24, 2.45) is 5.73 Å². The van der Waals surface area contributed by atoms with Crippen LogP contribution in [0.1, 0.15) is 11.1 Å². The highest BCUT2D eigenvalue weighted by Crippen LogP contribution is 2.27. The van der Waals surface area contributed by atoms with Crippen LogP contribution in [0.2, 0.25) is 0 Å². The van der Waals surface area contributed by atoms with E-state index in [1.54, 1.807) is 23.1 Å². The van der Waals surface area contributed by atoms with Gasteiger partial charge in [-0.05, 0) is 23.8 Å². The van der Waals surface area contributed by atoms with Gasteiger partial charge in [0.1, 0.15) is 11.6 Å². The van der Waals surface area contributed by atoms with Gasteiger partial charge in [-0.3, -0.25) is 10.2 Å². The van der Waals surface area contributed by atoms with E-state index in [-0.39, 0.29) is 23.1 Å². The summed E-state index contributed by atoms with van der Waals surface area (Å²) in [5.74, 6) is -0.680. The van der Waals surface area contributed by atoms with Gasteiger partial charge >= 0.3 is 0 Å². The molecule has 0 spiro atoms. The van der Waals surface area contributed by atoms with Crippen molar-refractivity contribution >= 4 is 29.6 Å². The lowest BCUT2D eigenvalue weighted by molar-refractivity contribution is -0.114. The average Bonchev–Trinajstić information content (AvgIpc) is 2.59. The van der Waals surface area contributed by atoms with E-state index in [9.17, 15) is 9.90 Å². The highest BCUT2D eigenvalue weighted by atomic mass is 16.3. The van der Waals surface area contributed by atoms with Crippen molar-refractivity contribution in [3.8, 4) is 5.75 Å². The summed E-state index contributed by atoms with van der Waals surface area (Å²) in [6.45, 7) is 0.404. The lowest BCUT2D eigenvalue weighted by atomic mass is 10.0. The molecule has 2 aromatic carbocycles. The number of nitrogens with one attached hydrogen (secondary N) is 1. The van der Waals surface area contributed by atoms with Crippen LogP contribution in [0.15, 0.2) is 60.2 Å². The Morgan fingerprint density at radius 1 is 1.17 bits per heavy atom. The predicted molar refractivity (Wildman–Crippen MR) is 95.8 cm³/mol. The van der Waals surface area contributed by atoms with Gasteiger partial charge in [0, 0.05) is 12.1 Å². The van der Waals surface area contributed by atoms with Crippen molar-refractivity contribution in [3.05, 3.63) is 71.3 Å². The SMILES string of the molecule is N=C(N)C(=Cc1ccccc1O)C(=O)N1CC=Cc2ccccc21. The van der Waals surface area contributed by atoms with Crippen molar-refractivity contribution < 1.29 is 9.90 Å². The summed E-state index contributed by atoms with van der Waals surface area (Å²) in [6.07, 6.45) is 5.29. The van der Waals surface area contributed by atoms with E-state index in [0.717, 1.165) is 11.3 Å². The topological polar surface area (TPSA) is 90.4 Å². The Balaban J connectivity index is 2.02. The van der Waals surface area contributed by atoms with Crippen LogP contribution in [-0.2, 0) is 4.79 Å². The summed E-state index contributed by atoms with van der Waals surface area (Å²) in [5.41, 5.74) is 7.82. The van der Waals surface area contributed by atoms with Crippen LogP contribution in [0.3, 0.4) is 0 Å². The van der Waals surface area contributed by atoms with Crippen molar-refractivity contribution in [3.63, 3.8) is 0 Å². The Hall–Kier alpha value is -3.34. The number of carbonyl (C=O) groups excluding carboxylic acids is 1. The standard InChI is InChI=1S/C19H17N3O2/c20-18(21)15(12-14-7-2-4-10-17(14)23)19(24)22-11-5-8-13-6-1-3-9-16(13)22/h1-10,12,23H,11H2,(H3,20,21). The molecule has 1 heterocycles. The third kappa shape index (κ3) is 2.92. The van der Waals surface area contributed by atoms with Crippen molar-refractivity contribution in [1.29, 1.82) is 5.41 Å². The first-order valence-electron chi connectivity index (χ1n) is 7.49. The van der Waals surface area contributed by atoms with Crippen LogP contribution in [0, 0.1) is 5.41 Å². The molecule has 0 aliphatic carbocycles. The third-order valence-electron chi connectivity index (χ3n) is 3.82. The zero-order chi connectivity index (χ0) is 17.1. The number of nitrogens with zero attached hydrogens (tertiary/aromatic N) is 1. The van der Waals surface area contributed by atoms with E-state index < -0.39 is 0 Å². The number of benzene rings is 2. The Labute approximate surface area is 139 Å². The number of amides is 1. The summed E-state index contributed by atoms with van der Waals surface area (Å²) in [7, 11) is 0. The molecule has 0 bridgehead atoms. The number of hydrogen-bond donors (Lipinski definition) is 3. The number of nitrogens with two attached hydrogens (primary N) is 1. The molecule has 0 radical (unpaired) electrons. The maximum Gasteiger partial charge on any atom is 0.262 e.